The Morgan fingerprint density at radius 1 is 1.19 bits per heavy atom. The Bertz CT molecular complexity index is 1420. The summed E-state index contributed by atoms with van der Waals surface area (Å²) in [4.78, 5) is 36.2. The van der Waals surface area contributed by atoms with Crippen LogP contribution in [0.4, 0.5) is 0 Å². The maximum atomic E-state index is 13.4. The molecule has 0 fully saturated rings. The van der Waals surface area contributed by atoms with Crippen LogP contribution in [-0.2, 0) is 33.1 Å². The van der Waals surface area contributed by atoms with Gasteiger partial charge in [-0.2, -0.15) is 0 Å². The second kappa shape index (κ2) is 9.50. The highest BCUT2D eigenvalue weighted by atomic mass is 16.6. The molecule has 5 rings (SSSR count). The van der Waals surface area contributed by atoms with Gasteiger partial charge in [-0.25, -0.2) is 9.78 Å². The SMILES string of the molecule is CCC.CCC1(O)C(=O)OCc2c1cc1n(c2=O)Cc2c-1nc1ccccc1c2/C=N/OC(C)(C)C. The summed E-state index contributed by atoms with van der Waals surface area (Å²) >= 11 is 0. The molecule has 1 aromatic carbocycles. The summed E-state index contributed by atoms with van der Waals surface area (Å²) in [6, 6.07) is 9.39. The second-order valence-electron chi connectivity index (χ2n) is 10.1. The van der Waals surface area contributed by atoms with Crippen molar-refractivity contribution in [2.75, 3.05) is 0 Å². The van der Waals surface area contributed by atoms with Crippen LogP contribution in [0.1, 0.15) is 76.6 Å². The number of para-hydroxylation sites is 1. The Morgan fingerprint density at radius 2 is 1.89 bits per heavy atom. The van der Waals surface area contributed by atoms with Gasteiger partial charge in [-0.3, -0.25) is 4.79 Å². The van der Waals surface area contributed by atoms with Crippen LogP contribution in [0.2, 0.25) is 0 Å². The zero-order valence-corrected chi connectivity index (χ0v) is 21.7. The van der Waals surface area contributed by atoms with Crippen molar-refractivity contribution in [3.05, 3.63) is 62.9 Å². The predicted molar refractivity (Wildman–Crippen MR) is 139 cm³/mol. The molecule has 0 amide bonds. The van der Waals surface area contributed by atoms with Gasteiger partial charge in [-0.1, -0.05) is 50.5 Å². The van der Waals surface area contributed by atoms with Gasteiger partial charge in [-0.15, -0.1) is 0 Å². The van der Waals surface area contributed by atoms with Gasteiger partial charge >= 0.3 is 5.97 Å². The number of pyridine rings is 2. The van der Waals surface area contributed by atoms with Crippen molar-refractivity contribution >= 4 is 23.1 Å². The minimum atomic E-state index is -1.85. The zero-order chi connectivity index (χ0) is 26.3. The topological polar surface area (TPSA) is 103 Å². The lowest BCUT2D eigenvalue weighted by molar-refractivity contribution is -0.172. The summed E-state index contributed by atoms with van der Waals surface area (Å²) in [6.45, 7) is 11.8. The first kappa shape index (κ1) is 25.6. The summed E-state index contributed by atoms with van der Waals surface area (Å²) < 4.78 is 6.76. The molecule has 0 bridgehead atoms. The largest absolute Gasteiger partial charge is 0.458 e. The third-order valence-corrected chi connectivity index (χ3v) is 6.15. The summed E-state index contributed by atoms with van der Waals surface area (Å²) in [5, 5.41) is 16.1. The summed E-state index contributed by atoms with van der Waals surface area (Å²) in [7, 11) is 0. The van der Waals surface area contributed by atoms with Crippen LogP contribution in [0.3, 0.4) is 0 Å². The van der Waals surface area contributed by atoms with Crippen molar-refractivity contribution in [3.63, 3.8) is 0 Å². The average Bonchev–Trinajstić information content (AvgIpc) is 3.20. The number of fused-ring (bicyclic) bond motifs is 5. The molecule has 2 aliphatic rings. The van der Waals surface area contributed by atoms with Crippen LogP contribution >= 0.6 is 0 Å². The minimum Gasteiger partial charge on any atom is -0.458 e. The number of aromatic nitrogens is 2. The normalized spacial score (nSPS) is 18.2. The number of benzene rings is 1. The first-order chi connectivity index (χ1) is 17.1. The van der Waals surface area contributed by atoms with E-state index in [1.165, 1.54) is 6.42 Å². The molecule has 0 radical (unpaired) electrons. The highest BCUT2D eigenvalue weighted by Crippen LogP contribution is 2.39. The van der Waals surface area contributed by atoms with Gasteiger partial charge in [0.15, 0.2) is 5.60 Å². The summed E-state index contributed by atoms with van der Waals surface area (Å²) in [6.07, 6.45) is 3.02. The number of oxime groups is 1. The Kier molecular flexibility index (Phi) is 6.75. The molecule has 1 N–H and O–H groups in total. The highest BCUT2D eigenvalue weighted by Gasteiger charge is 2.45. The molecule has 0 saturated heterocycles. The van der Waals surface area contributed by atoms with E-state index in [2.05, 4.69) is 19.0 Å². The first-order valence-electron chi connectivity index (χ1n) is 12.4. The van der Waals surface area contributed by atoms with Gasteiger partial charge in [0.05, 0.1) is 35.2 Å². The molecule has 2 aliphatic heterocycles. The first-order valence-corrected chi connectivity index (χ1v) is 12.4. The standard InChI is InChI=1S/C25H25N3O5.C3H8/c1-5-25(31)18-10-20-21-16(12-28(20)22(29)17(18)13-32-23(25)30)15(11-26-33-24(2,3)4)14-8-6-7-9-19(14)27-21;1-3-2/h6-11,31H,5,12-13H2,1-4H3;3H2,1-2H3/b26-11+;. The molecule has 190 valence electrons. The molecule has 8 nitrogen and oxygen atoms in total. The molecule has 4 heterocycles. The van der Waals surface area contributed by atoms with Gasteiger partial charge in [0.2, 0.25) is 0 Å². The molecule has 1 unspecified atom stereocenters. The molecular formula is C28H33N3O5. The van der Waals surface area contributed by atoms with E-state index in [0.29, 0.717) is 29.1 Å². The third kappa shape index (κ3) is 4.30. The van der Waals surface area contributed by atoms with Crippen molar-refractivity contribution in [3.8, 4) is 11.4 Å². The van der Waals surface area contributed by atoms with E-state index in [4.69, 9.17) is 14.6 Å². The number of cyclic esters (lactones) is 1. The fraction of sp³-hybridized carbons (Fsp3) is 0.429. The van der Waals surface area contributed by atoms with Gasteiger partial charge in [-0.05, 0) is 39.3 Å². The molecule has 2 aromatic heterocycles. The molecule has 1 atom stereocenters. The fourth-order valence-corrected chi connectivity index (χ4v) is 4.44. The smallest absolute Gasteiger partial charge is 0.343 e. The number of nitrogens with zero attached hydrogens (tertiary/aromatic N) is 3. The lowest BCUT2D eigenvalue weighted by atomic mass is 9.86. The van der Waals surface area contributed by atoms with Crippen LogP contribution in [0.25, 0.3) is 22.3 Å². The quantitative estimate of drug-likeness (QED) is 0.254. The van der Waals surface area contributed by atoms with Crippen LogP contribution in [0.15, 0.2) is 40.3 Å². The zero-order valence-electron chi connectivity index (χ0n) is 21.7. The maximum absolute atomic E-state index is 13.4. The van der Waals surface area contributed by atoms with Crippen LogP contribution < -0.4 is 5.56 Å². The van der Waals surface area contributed by atoms with Crippen molar-refractivity contribution in [2.45, 2.75) is 78.7 Å². The number of ether oxygens (including phenoxy) is 1. The molecule has 36 heavy (non-hydrogen) atoms. The van der Waals surface area contributed by atoms with Gasteiger partial charge in [0, 0.05) is 22.1 Å². The highest BCUT2D eigenvalue weighted by molar-refractivity contribution is 6.02. The van der Waals surface area contributed by atoms with E-state index in [-0.39, 0.29) is 18.6 Å². The van der Waals surface area contributed by atoms with E-state index < -0.39 is 17.2 Å². The van der Waals surface area contributed by atoms with E-state index in [1.807, 2.05) is 45.0 Å². The van der Waals surface area contributed by atoms with Crippen molar-refractivity contribution in [1.29, 1.82) is 0 Å². The minimum absolute atomic E-state index is 0.0990. The molecule has 8 heteroatoms. The lowest BCUT2D eigenvalue weighted by Gasteiger charge is -2.31. The molecule has 0 saturated carbocycles. The molecule has 0 spiro atoms. The van der Waals surface area contributed by atoms with E-state index >= 15 is 0 Å². The summed E-state index contributed by atoms with van der Waals surface area (Å²) in [5.74, 6) is -0.737. The van der Waals surface area contributed by atoms with E-state index in [9.17, 15) is 14.7 Å². The number of carbonyl (C=O) groups excluding carboxylic acids is 1. The van der Waals surface area contributed by atoms with Crippen molar-refractivity contribution in [2.24, 2.45) is 5.16 Å². The number of hydrogen-bond acceptors (Lipinski definition) is 7. The number of hydrogen-bond donors (Lipinski definition) is 1. The average molecular weight is 492 g/mol. The Morgan fingerprint density at radius 3 is 2.56 bits per heavy atom. The molecule has 3 aromatic rings. The van der Waals surface area contributed by atoms with Crippen LogP contribution in [0.5, 0.6) is 0 Å². The molecular weight excluding hydrogens is 458 g/mol. The van der Waals surface area contributed by atoms with Crippen LogP contribution in [0, 0.1) is 0 Å². The van der Waals surface area contributed by atoms with Crippen molar-refractivity contribution < 1.29 is 19.5 Å². The third-order valence-electron chi connectivity index (χ3n) is 6.15. The number of rotatable bonds is 3. The predicted octanol–water partition coefficient (Wildman–Crippen LogP) is 4.64. The Balaban J connectivity index is 0.000000967. The van der Waals surface area contributed by atoms with E-state index in [1.54, 1.807) is 23.8 Å². The lowest BCUT2D eigenvalue weighted by Crippen LogP contribution is -2.44. The number of aliphatic hydroxyl groups is 1. The second-order valence-corrected chi connectivity index (χ2v) is 10.1. The maximum Gasteiger partial charge on any atom is 0.343 e. The Hall–Kier alpha value is -3.52. The summed E-state index contributed by atoms with van der Waals surface area (Å²) in [5.41, 5.74) is 1.59. The van der Waals surface area contributed by atoms with E-state index in [0.717, 1.165) is 22.0 Å². The molecule has 0 aliphatic carbocycles. The Labute approximate surface area is 210 Å². The van der Waals surface area contributed by atoms with Gasteiger partial charge in [0.1, 0.15) is 12.2 Å². The number of carbonyl (C=O) groups is 1. The monoisotopic (exact) mass is 491 g/mol. The van der Waals surface area contributed by atoms with Gasteiger partial charge in [0.25, 0.3) is 5.56 Å². The number of esters is 1. The van der Waals surface area contributed by atoms with Crippen LogP contribution in [-0.4, -0.2) is 32.4 Å². The van der Waals surface area contributed by atoms with Gasteiger partial charge < -0.3 is 19.2 Å². The van der Waals surface area contributed by atoms with Crippen molar-refractivity contribution in [1.82, 2.24) is 9.55 Å². The fourth-order valence-electron chi connectivity index (χ4n) is 4.44.